The van der Waals surface area contributed by atoms with Gasteiger partial charge in [0.1, 0.15) is 18.1 Å². The molecule has 2 rings (SSSR count). The number of hydrogen-bond acceptors (Lipinski definition) is 2. The lowest BCUT2D eigenvalue weighted by atomic mass is 10.2. The van der Waals surface area contributed by atoms with Crippen LogP contribution in [-0.2, 0) is 17.9 Å². The largest absolute Gasteiger partial charge is 0.477 e. The first-order valence-electron chi connectivity index (χ1n) is 5.96. The summed E-state index contributed by atoms with van der Waals surface area (Å²) in [5, 5.41) is 11.5. The summed E-state index contributed by atoms with van der Waals surface area (Å²) in [6.45, 7) is 0.101. The van der Waals surface area contributed by atoms with Gasteiger partial charge in [-0.3, -0.25) is 4.79 Å². The van der Waals surface area contributed by atoms with Crippen molar-refractivity contribution in [3.8, 4) is 0 Å². The van der Waals surface area contributed by atoms with Gasteiger partial charge in [0, 0.05) is 12.7 Å². The molecule has 0 saturated carbocycles. The summed E-state index contributed by atoms with van der Waals surface area (Å²) < 4.78 is 14.3. The van der Waals surface area contributed by atoms with E-state index in [4.69, 9.17) is 5.11 Å². The van der Waals surface area contributed by atoms with E-state index in [1.165, 1.54) is 29.0 Å². The molecular weight excluding hydrogens is 263 g/mol. The van der Waals surface area contributed by atoms with Gasteiger partial charge in [0.15, 0.2) is 0 Å². The zero-order valence-electron chi connectivity index (χ0n) is 10.5. The van der Waals surface area contributed by atoms with Crippen LogP contribution in [0.5, 0.6) is 0 Å². The molecule has 0 aliphatic heterocycles. The first-order chi connectivity index (χ1) is 9.56. The second-order valence-corrected chi connectivity index (χ2v) is 4.23. The molecule has 1 heterocycles. The minimum absolute atomic E-state index is 0.0471. The van der Waals surface area contributed by atoms with Gasteiger partial charge in [-0.05, 0) is 29.8 Å². The number of hydrogen-bond donors (Lipinski definition) is 2. The molecule has 0 radical (unpaired) electrons. The predicted octanol–water partition coefficient (Wildman–Crippen LogP) is 1.64. The average molecular weight is 276 g/mol. The Balaban J connectivity index is 1.93. The fourth-order valence-corrected chi connectivity index (χ4v) is 1.80. The zero-order valence-corrected chi connectivity index (χ0v) is 10.5. The summed E-state index contributed by atoms with van der Waals surface area (Å²) >= 11 is 0. The predicted molar refractivity (Wildman–Crippen MR) is 69.6 cm³/mol. The number of carboxylic acid groups (broad SMARTS) is 1. The number of nitrogens with one attached hydrogen (secondary N) is 1. The van der Waals surface area contributed by atoms with E-state index in [9.17, 15) is 14.0 Å². The molecule has 1 amide bonds. The Kier molecular flexibility index (Phi) is 4.14. The molecule has 0 aliphatic rings. The Morgan fingerprint density at radius 3 is 2.75 bits per heavy atom. The minimum Gasteiger partial charge on any atom is -0.477 e. The van der Waals surface area contributed by atoms with Gasteiger partial charge in [-0.25, -0.2) is 9.18 Å². The molecule has 0 spiro atoms. The molecule has 0 fully saturated rings. The molecular formula is C14H13FN2O3. The highest BCUT2D eigenvalue weighted by molar-refractivity contribution is 5.86. The summed E-state index contributed by atoms with van der Waals surface area (Å²) in [4.78, 5) is 22.6. The first kappa shape index (κ1) is 13.8. The Hall–Kier alpha value is -2.63. The number of aromatic nitrogens is 1. The lowest BCUT2D eigenvalue weighted by molar-refractivity contribution is -0.121. The Morgan fingerprint density at radius 2 is 2.05 bits per heavy atom. The highest BCUT2D eigenvalue weighted by atomic mass is 19.1. The molecule has 0 saturated heterocycles. The third kappa shape index (κ3) is 3.44. The van der Waals surface area contributed by atoms with Crippen molar-refractivity contribution < 1.29 is 19.1 Å². The molecule has 0 aliphatic carbocycles. The summed E-state index contributed by atoms with van der Waals surface area (Å²) in [5.41, 5.74) is 0.690. The van der Waals surface area contributed by atoms with Crippen molar-refractivity contribution in [2.45, 2.75) is 13.1 Å². The van der Waals surface area contributed by atoms with Gasteiger partial charge in [0.05, 0.1) is 0 Å². The van der Waals surface area contributed by atoms with Gasteiger partial charge in [0.2, 0.25) is 5.91 Å². The van der Waals surface area contributed by atoms with Crippen LogP contribution in [0.2, 0.25) is 0 Å². The van der Waals surface area contributed by atoms with E-state index >= 15 is 0 Å². The van der Waals surface area contributed by atoms with Crippen molar-refractivity contribution in [2.24, 2.45) is 0 Å². The number of carbonyl (C=O) groups is 2. The summed E-state index contributed by atoms with van der Waals surface area (Å²) in [6, 6.07) is 8.89. The minimum atomic E-state index is -1.09. The summed E-state index contributed by atoms with van der Waals surface area (Å²) in [6.07, 6.45) is 1.52. The van der Waals surface area contributed by atoms with Crippen molar-refractivity contribution in [2.75, 3.05) is 0 Å². The van der Waals surface area contributed by atoms with Gasteiger partial charge < -0.3 is 15.0 Å². The number of carbonyl (C=O) groups excluding carboxylic acids is 1. The smallest absolute Gasteiger partial charge is 0.352 e. The maximum absolute atomic E-state index is 13.0. The number of aromatic carboxylic acids is 1. The van der Waals surface area contributed by atoms with Crippen LogP contribution in [0.4, 0.5) is 4.39 Å². The lowest BCUT2D eigenvalue weighted by Crippen LogP contribution is -2.28. The number of benzene rings is 1. The topological polar surface area (TPSA) is 71.3 Å². The highest BCUT2D eigenvalue weighted by Gasteiger charge is 2.11. The van der Waals surface area contributed by atoms with Crippen LogP contribution in [0.25, 0.3) is 0 Å². The van der Waals surface area contributed by atoms with E-state index in [-0.39, 0.29) is 30.5 Å². The average Bonchev–Trinajstić information content (AvgIpc) is 2.85. The fraction of sp³-hybridized carbons (Fsp3) is 0.143. The van der Waals surface area contributed by atoms with Gasteiger partial charge >= 0.3 is 5.97 Å². The highest BCUT2D eigenvalue weighted by Crippen LogP contribution is 2.04. The fourth-order valence-electron chi connectivity index (χ4n) is 1.80. The van der Waals surface area contributed by atoms with Gasteiger partial charge in [0.25, 0.3) is 0 Å². The first-order valence-corrected chi connectivity index (χ1v) is 5.96. The molecule has 0 unspecified atom stereocenters. The third-order valence-corrected chi connectivity index (χ3v) is 2.74. The molecule has 1 aromatic heterocycles. The standard InChI is InChI=1S/C14H13FN2O3/c15-11-4-1-3-10(7-11)8-16-13(18)9-17-6-2-5-12(17)14(19)20/h1-7H,8-9H2,(H,16,18)(H,19,20). The molecule has 2 aromatic rings. The van der Waals surface area contributed by atoms with Crippen LogP contribution >= 0.6 is 0 Å². The van der Waals surface area contributed by atoms with Crippen LogP contribution in [-0.4, -0.2) is 21.6 Å². The number of carboxylic acids is 1. The van der Waals surface area contributed by atoms with Crippen LogP contribution in [0.3, 0.4) is 0 Å². The van der Waals surface area contributed by atoms with Crippen molar-refractivity contribution in [1.29, 1.82) is 0 Å². The van der Waals surface area contributed by atoms with E-state index < -0.39 is 5.97 Å². The zero-order chi connectivity index (χ0) is 14.5. The third-order valence-electron chi connectivity index (χ3n) is 2.74. The van der Waals surface area contributed by atoms with Crippen molar-refractivity contribution in [3.63, 3.8) is 0 Å². The monoisotopic (exact) mass is 276 g/mol. The van der Waals surface area contributed by atoms with Gasteiger partial charge in [-0.2, -0.15) is 0 Å². The quantitative estimate of drug-likeness (QED) is 0.872. The molecule has 0 atom stereocenters. The van der Waals surface area contributed by atoms with E-state index in [0.717, 1.165) is 0 Å². The second kappa shape index (κ2) is 6.01. The van der Waals surface area contributed by atoms with Gasteiger partial charge in [-0.15, -0.1) is 0 Å². The lowest BCUT2D eigenvalue weighted by Gasteiger charge is -2.08. The van der Waals surface area contributed by atoms with Crippen molar-refractivity contribution >= 4 is 11.9 Å². The number of rotatable bonds is 5. The van der Waals surface area contributed by atoms with E-state index in [1.54, 1.807) is 18.2 Å². The van der Waals surface area contributed by atoms with Crippen LogP contribution < -0.4 is 5.32 Å². The molecule has 6 heteroatoms. The van der Waals surface area contributed by atoms with Crippen molar-refractivity contribution in [3.05, 3.63) is 59.7 Å². The molecule has 1 aromatic carbocycles. The van der Waals surface area contributed by atoms with Gasteiger partial charge in [-0.1, -0.05) is 12.1 Å². The maximum atomic E-state index is 13.0. The molecule has 2 N–H and O–H groups in total. The van der Waals surface area contributed by atoms with E-state index in [0.29, 0.717) is 5.56 Å². The number of nitrogens with zero attached hydrogens (tertiary/aromatic N) is 1. The Labute approximate surface area is 114 Å². The summed E-state index contributed by atoms with van der Waals surface area (Å²) in [5.74, 6) is -1.80. The van der Waals surface area contributed by atoms with Crippen LogP contribution in [0.1, 0.15) is 16.1 Å². The molecule has 5 nitrogen and oxygen atoms in total. The SMILES string of the molecule is O=C(Cn1cccc1C(=O)O)NCc1cccc(F)c1. The van der Waals surface area contributed by atoms with Crippen molar-refractivity contribution in [1.82, 2.24) is 9.88 Å². The number of amides is 1. The molecule has 104 valence electrons. The summed E-state index contributed by atoms with van der Waals surface area (Å²) in [7, 11) is 0. The molecule has 20 heavy (non-hydrogen) atoms. The van der Waals surface area contributed by atoms with Crippen LogP contribution in [0.15, 0.2) is 42.6 Å². The van der Waals surface area contributed by atoms with Crippen LogP contribution in [0, 0.1) is 5.82 Å². The second-order valence-electron chi connectivity index (χ2n) is 4.23. The maximum Gasteiger partial charge on any atom is 0.352 e. The Morgan fingerprint density at radius 1 is 1.25 bits per heavy atom. The Bertz CT molecular complexity index is 637. The number of halogens is 1. The van der Waals surface area contributed by atoms with E-state index in [1.807, 2.05) is 0 Å². The molecule has 0 bridgehead atoms. The normalized spacial score (nSPS) is 10.2. The van der Waals surface area contributed by atoms with E-state index in [2.05, 4.69) is 5.32 Å².